The van der Waals surface area contributed by atoms with Crippen molar-refractivity contribution in [1.29, 1.82) is 5.26 Å². The molecule has 1 unspecified atom stereocenters. The highest BCUT2D eigenvalue weighted by atomic mass is 16.6. The Bertz CT molecular complexity index is 644. The Morgan fingerprint density at radius 1 is 1.45 bits per heavy atom. The Balaban J connectivity index is 2.12. The van der Waals surface area contributed by atoms with Gasteiger partial charge in [0.05, 0.1) is 29.9 Å². The van der Waals surface area contributed by atoms with E-state index in [-0.39, 0.29) is 30.2 Å². The first kappa shape index (κ1) is 13.6. The molecule has 0 amide bonds. The zero-order valence-electron chi connectivity index (χ0n) is 10.3. The minimum atomic E-state index is -0.856. The number of rotatable bonds is 5. The molecule has 0 aliphatic heterocycles. The third kappa shape index (κ3) is 3.15. The van der Waals surface area contributed by atoms with Gasteiger partial charge in [-0.3, -0.25) is 10.1 Å². The van der Waals surface area contributed by atoms with E-state index in [2.05, 4.69) is 10.1 Å². The zero-order valence-corrected chi connectivity index (χ0v) is 10.3. The van der Waals surface area contributed by atoms with Crippen LogP contribution in [-0.2, 0) is 6.42 Å². The van der Waals surface area contributed by atoms with Crippen LogP contribution in [0.1, 0.15) is 12.3 Å². The first-order valence-corrected chi connectivity index (χ1v) is 5.72. The summed E-state index contributed by atoms with van der Waals surface area (Å²) < 4.78 is 4.95. The third-order valence-corrected chi connectivity index (χ3v) is 2.54. The van der Waals surface area contributed by atoms with Crippen molar-refractivity contribution < 1.29 is 14.6 Å². The second-order valence-electron chi connectivity index (χ2n) is 4.04. The van der Waals surface area contributed by atoms with Crippen LogP contribution in [0.5, 0.6) is 0 Å². The number of benzene rings is 1. The monoisotopic (exact) mass is 274 g/mol. The standard InChI is InChI=1S/C12H10N4O4/c13-6-5-10(17)7-11-14-12(15-20-11)8-1-3-9(4-2-8)16(18)19/h1-4,10,17H,5,7H2. The Morgan fingerprint density at radius 2 is 2.15 bits per heavy atom. The van der Waals surface area contributed by atoms with Crippen molar-refractivity contribution in [3.05, 3.63) is 40.3 Å². The molecule has 1 aromatic heterocycles. The van der Waals surface area contributed by atoms with Crippen LogP contribution < -0.4 is 0 Å². The van der Waals surface area contributed by atoms with Gasteiger partial charge < -0.3 is 9.63 Å². The Labute approximate surface area is 113 Å². The Morgan fingerprint density at radius 3 is 2.75 bits per heavy atom. The molecule has 102 valence electrons. The largest absolute Gasteiger partial charge is 0.392 e. The fourth-order valence-corrected chi connectivity index (χ4v) is 1.57. The Hall–Kier alpha value is -2.79. The molecule has 1 heterocycles. The molecule has 0 spiro atoms. The number of nitrogens with zero attached hydrogens (tertiary/aromatic N) is 4. The molecule has 1 N–H and O–H groups in total. The van der Waals surface area contributed by atoms with Crippen LogP contribution in [0.15, 0.2) is 28.8 Å². The molecule has 1 aromatic carbocycles. The van der Waals surface area contributed by atoms with Gasteiger partial charge in [0.15, 0.2) is 0 Å². The van der Waals surface area contributed by atoms with E-state index in [1.165, 1.54) is 24.3 Å². The number of nitro benzene ring substituents is 1. The van der Waals surface area contributed by atoms with Gasteiger partial charge in [-0.1, -0.05) is 5.16 Å². The van der Waals surface area contributed by atoms with Crippen molar-refractivity contribution in [2.24, 2.45) is 0 Å². The molecule has 2 rings (SSSR count). The molecule has 0 fully saturated rings. The number of non-ortho nitro benzene ring substituents is 1. The predicted octanol–water partition coefficient (Wildman–Crippen LogP) is 1.46. The minimum absolute atomic E-state index is 0.0186. The van der Waals surface area contributed by atoms with E-state index in [1.54, 1.807) is 0 Å². The summed E-state index contributed by atoms with van der Waals surface area (Å²) in [5.74, 6) is 0.486. The quantitative estimate of drug-likeness (QED) is 0.645. The van der Waals surface area contributed by atoms with Crippen LogP contribution in [-0.4, -0.2) is 26.3 Å². The van der Waals surface area contributed by atoms with Crippen LogP contribution in [0.3, 0.4) is 0 Å². The molecule has 8 heteroatoms. The lowest BCUT2D eigenvalue weighted by Gasteiger charge is -1.99. The van der Waals surface area contributed by atoms with Gasteiger partial charge in [0.25, 0.3) is 5.69 Å². The van der Waals surface area contributed by atoms with Crippen molar-refractivity contribution in [1.82, 2.24) is 10.1 Å². The van der Waals surface area contributed by atoms with E-state index in [4.69, 9.17) is 9.78 Å². The van der Waals surface area contributed by atoms with Crippen molar-refractivity contribution in [2.45, 2.75) is 18.9 Å². The van der Waals surface area contributed by atoms with Gasteiger partial charge in [0.1, 0.15) is 0 Å². The maximum absolute atomic E-state index is 10.5. The SMILES string of the molecule is N#CCC(O)Cc1nc(-c2ccc([N+](=O)[O-])cc2)no1. The molecule has 1 atom stereocenters. The molecule has 8 nitrogen and oxygen atoms in total. The van der Waals surface area contributed by atoms with Crippen molar-refractivity contribution >= 4 is 5.69 Å². The number of nitro groups is 1. The lowest BCUT2D eigenvalue weighted by molar-refractivity contribution is -0.384. The molecule has 0 radical (unpaired) electrons. The summed E-state index contributed by atoms with van der Waals surface area (Å²) in [6.45, 7) is 0. The van der Waals surface area contributed by atoms with Crippen molar-refractivity contribution in [2.75, 3.05) is 0 Å². The van der Waals surface area contributed by atoms with Gasteiger partial charge in [0, 0.05) is 17.7 Å². The summed E-state index contributed by atoms with van der Waals surface area (Å²) in [6, 6.07) is 7.55. The maximum Gasteiger partial charge on any atom is 0.269 e. The van der Waals surface area contributed by atoms with Crippen LogP contribution in [0.2, 0.25) is 0 Å². The lowest BCUT2D eigenvalue weighted by Crippen LogP contribution is -2.09. The molecule has 2 aromatic rings. The number of aliphatic hydroxyl groups is 1. The minimum Gasteiger partial charge on any atom is -0.392 e. The highest BCUT2D eigenvalue weighted by molar-refractivity contribution is 5.56. The fraction of sp³-hybridized carbons (Fsp3) is 0.250. The highest BCUT2D eigenvalue weighted by Gasteiger charge is 2.14. The average Bonchev–Trinajstić information content (AvgIpc) is 2.87. The van der Waals surface area contributed by atoms with Gasteiger partial charge >= 0.3 is 0 Å². The zero-order chi connectivity index (χ0) is 14.5. The molecule has 0 aliphatic carbocycles. The summed E-state index contributed by atoms with van der Waals surface area (Å²) >= 11 is 0. The van der Waals surface area contributed by atoms with Crippen LogP contribution in [0, 0.1) is 21.4 Å². The van der Waals surface area contributed by atoms with E-state index in [1.807, 2.05) is 6.07 Å². The van der Waals surface area contributed by atoms with Crippen LogP contribution >= 0.6 is 0 Å². The first-order chi connectivity index (χ1) is 9.60. The molecular weight excluding hydrogens is 264 g/mol. The van der Waals surface area contributed by atoms with Gasteiger partial charge in [-0.2, -0.15) is 10.2 Å². The normalized spacial score (nSPS) is 11.8. The van der Waals surface area contributed by atoms with Gasteiger partial charge in [-0.15, -0.1) is 0 Å². The van der Waals surface area contributed by atoms with Crippen molar-refractivity contribution in [3.8, 4) is 17.5 Å². The van der Waals surface area contributed by atoms with Gasteiger partial charge in [0.2, 0.25) is 11.7 Å². The predicted molar refractivity (Wildman–Crippen MR) is 66.3 cm³/mol. The molecular formula is C12H10N4O4. The lowest BCUT2D eigenvalue weighted by atomic mass is 10.2. The summed E-state index contributed by atoms with van der Waals surface area (Å²) in [5.41, 5.74) is 0.544. The second kappa shape index (κ2) is 5.90. The first-order valence-electron chi connectivity index (χ1n) is 5.72. The summed E-state index contributed by atoms with van der Waals surface area (Å²) in [7, 11) is 0. The number of aliphatic hydroxyl groups excluding tert-OH is 1. The maximum atomic E-state index is 10.5. The van der Waals surface area contributed by atoms with E-state index in [0.717, 1.165) is 0 Å². The molecule has 0 aliphatic rings. The smallest absolute Gasteiger partial charge is 0.269 e. The summed E-state index contributed by atoms with van der Waals surface area (Å²) in [6.07, 6.45) is -0.784. The molecule has 0 saturated carbocycles. The number of hydrogen-bond donors (Lipinski definition) is 1. The molecule has 0 bridgehead atoms. The third-order valence-electron chi connectivity index (χ3n) is 2.54. The van der Waals surface area contributed by atoms with E-state index >= 15 is 0 Å². The second-order valence-corrected chi connectivity index (χ2v) is 4.04. The van der Waals surface area contributed by atoms with Gasteiger partial charge in [-0.05, 0) is 12.1 Å². The number of aromatic nitrogens is 2. The molecule has 20 heavy (non-hydrogen) atoms. The van der Waals surface area contributed by atoms with E-state index in [9.17, 15) is 15.2 Å². The van der Waals surface area contributed by atoms with E-state index < -0.39 is 11.0 Å². The highest BCUT2D eigenvalue weighted by Crippen LogP contribution is 2.20. The summed E-state index contributed by atoms with van der Waals surface area (Å²) in [4.78, 5) is 14.1. The van der Waals surface area contributed by atoms with Crippen molar-refractivity contribution in [3.63, 3.8) is 0 Å². The average molecular weight is 274 g/mol. The van der Waals surface area contributed by atoms with Crippen LogP contribution in [0.25, 0.3) is 11.4 Å². The Kier molecular flexibility index (Phi) is 4.02. The van der Waals surface area contributed by atoms with E-state index in [0.29, 0.717) is 5.56 Å². The number of hydrogen-bond acceptors (Lipinski definition) is 7. The molecule has 0 saturated heterocycles. The number of nitriles is 1. The van der Waals surface area contributed by atoms with Crippen LogP contribution in [0.4, 0.5) is 5.69 Å². The summed E-state index contributed by atoms with van der Waals surface area (Å²) in [5, 5.41) is 32.2. The fourth-order valence-electron chi connectivity index (χ4n) is 1.57. The topological polar surface area (TPSA) is 126 Å². The van der Waals surface area contributed by atoms with Gasteiger partial charge in [-0.25, -0.2) is 0 Å².